The van der Waals surface area contributed by atoms with Crippen LogP contribution in [0.15, 0.2) is 59.6 Å². The first-order chi connectivity index (χ1) is 14.8. The number of nitro groups is 1. The molecule has 1 aromatic heterocycles. The van der Waals surface area contributed by atoms with E-state index < -0.39 is 14.8 Å². The highest BCUT2D eigenvalue weighted by molar-refractivity contribution is 7.90. The van der Waals surface area contributed by atoms with Gasteiger partial charge >= 0.3 is 0 Å². The van der Waals surface area contributed by atoms with Crippen LogP contribution in [0.4, 0.5) is 5.69 Å². The number of likely N-dealkylation sites (tertiary alicyclic amines) is 1. The summed E-state index contributed by atoms with van der Waals surface area (Å²) in [5.41, 5.74) is 1.07. The minimum atomic E-state index is -3.73. The van der Waals surface area contributed by atoms with Crippen molar-refractivity contribution in [1.82, 2.24) is 9.47 Å². The Morgan fingerprint density at radius 3 is 2.35 bits per heavy atom. The van der Waals surface area contributed by atoms with Crippen LogP contribution in [-0.4, -0.2) is 41.8 Å². The number of hydrogen-bond acceptors (Lipinski definition) is 5. The first kappa shape index (κ1) is 21.0. The van der Waals surface area contributed by atoms with E-state index in [0.29, 0.717) is 16.5 Å². The molecule has 162 valence electrons. The number of carbonyl (C=O) groups is 1. The highest BCUT2D eigenvalue weighted by atomic mass is 32.2. The molecule has 0 N–H and O–H groups in total. The average Bonchev–Trinajstić information content (AvgIpc) is 3.14. The molecule has 2 aromatic carbocycles. The van der Waals surface area contributed by atoms with Gasteiger partial charge in [-0.1, -0.05) is 30.3 Å². The number of fused-ring (bicyclic) bond motifs is 1. The second-order valence-electron chi connectivity index (χ2n) is 7.76. The fraction of sp³-hybridized carbons (Fsp3) is 0.318. The Morgan fingerprint density at radius 2 is 1.68 bits per heavy atom. The minimum absolute atomic E-state index is 0.0141. The number of nitro benzene ring substituents is 1. The van der Waals surface area contributed by atoms with Crippen molar-refractivity contribution >= 4 is 32.3 Å². The van der Waals surface area contributed by atoms with Crippen molar-refractivity contribution in [3.8, 4) is 0 Å². The van der Waals surface area contributed by atoms with E-state index in [1.54, 1.807) is 16.7 Å². The van der Waals surface area contributed by atoms with Crippen molar-refractivity contribution in [2.45, 2.75) is 36.5 Å². The molecule has 4 rings (SSSR count). The molecule has 0 spiro atoms. The molecule has 2 heterocycles. The standard InChI is InChI=1S/C22H23N3O5S/c26-22(23-12-4-1-5-13-23)15-24-14-21(19-6-2-3-7-20(19)24)31(29,30)16-17-8-10-18(11-9-17)25(27)28/h2-3,6-11,14H,1,4-5,12-13,15-16H2. The SMILES string of the molecule is O=C(Cn1cc(S(=O)(=O)Cc2ccc([N+](=O)[O-])cc2)c2ccccc21)N1CCCCC1. The van der Waals surface area contributed by atoms with Gasteiger partial charge in [0, 0.05) is 42.3 Å². The molecule has 1 fully saturated rings. The highest BCUT2D eigenvalue weighted by Crippen LogP contribution is 2.28. The van der Waals surface area contributed by atoms with E-state index in [4.69, 9.17) is 0 Å². The number of sulfone groups is 1. The molecule has 0 bridgehead atoms. The average molecular weight is 442 g/mol. The topological polar surface area (TPSA) is 103 Å². The molecule has 9 heteroatoms. The van der Waals surface area contributed by atoms with Crippen LogP contribution in [0.2, 0.25) is 0 Å². The number of rotatable bonds is 6. The monoisotopic (exact) mass is 441 g/mol. The maximum absolute atomic E-state index is 13.2. The number of benzene rings is 2. The van der Waals surface area contributed by atoms with Crippen LogP contribution in [0.5, 0.6) is 0 Å². The molecule has 31 heavy (non-hydrogen) atoms. The van der Waals surface area contributed by atoms with Gasteiger partial charge in [-0.05, 0) is 30.9 Å². The fourth-order valence-corrected chi connectivity index (χ4v) is 5.57. The van der Waals surface area contributed by atoms with E-state index in [1.165, 1.54) is 30.5 Å². The van der Waals surface area contributed by atoms with Crippen LogP contribution in [0.1, 0.15) is 24.8 Å². The van der Waals surface area contributed by atoms with Crippen LogP contribution < -0.4 is 0 Å². The fourth-order valence-electron chi connectivity index (χ4n) is 3.99. The zero-order valence-corrected chi connectivity index (χ0v) is 17.8. The third-order valence-corrected chi connectivity index (χ3v) is 7.31. The molecule has 1 aliphatic rings. The van der Waals surface area contributed by atoms with Crippen molar-refractivity contribution in [2.75, 3.05) is 13.1 Å². The number of aromatic nitrogens is 1. The third kappa shape index (κ3) is 4.46. The van der Waals surface area contributed by atoms with E-state index in [9.17, 15) is 23.3 Å². The Morgan fingerprint density at radius 1 is 1.00 bits per heavy atom. The molecule has 3 aromatic rings. The Balaban J connectivity index is 1.63. The molecule has 0 atom stereocenters. The first-order valence-electron chi connectivity index (χ1n) is 10.2. The number of carbonyl (C=O) groups excluding carboxylic acids is 1. The molecule has 8 nitrogen and oxygen atoms in total. The molecule has 0 unspecified atom stereocenters. The summed E-state index contributed by atoms with van der Waals surface area (Å²) in [7, 11) is -3.73. The molecule has 0 radical (unpaired) electrons. The van der Waals surface area contributed by atoms with Gasteiger partial charge in [0.15, 0.2) is 9.84 Å². The van der Waals surface area contributed by atoms with Gasteiger partial charge in [0.1, 0.15) is 6.54 Å². The van der Waals surface area contributed by atoms with Gasteiger partial charge in [-0.15, -0.1) is 0 Å². The molecule has 0 aliphatic carbocycles. The molecule has 0 saturated carbocycles. The van der Waals surface area contributed by atoms with E-state index in [0.717, 1.165) is 32.4 Å². The molecule has 1 aliphatic heterocycles. The van der Waals surface area contributed by atoms with Gasteiger partial charge in [0.05, 0.1) is 15.6 Å². The van der Waals surface area contributed by atoms with Gasteiger partial charge in [-0.2, -0.15) is 0 Å². The Hall–Kier alpha value is -3.20. The lowest BCUT2D eigenvalue weighted by atomic mass is 10.1. The van der Waals surface area contributed by atoms with Crippen molar-refractivity contribution in [1.29, 1.82) is 0 Å². The third-order valence-electron chi connectivity index (χ3n) is 5.61. The molecular weight excluding hydrogens is 418 g/mol. The smallest absolute Gasteiger partial charge is 0.269 e. The largest absolute Gasteiger partial charge is 0.341 e. The lowest BCUT2D eigenvalue weighted by Crippen LogP contribution is -2.37. The van der Waals surface area contributed by atoms with Gasteiger partial charge < -0.3 is 9.47 Å². The van der Waals surface area contributed by atoms with Gasteiger partial charge in [0.2, 0.25) is 5.91 Å². The second kappa shape index (κ2) is 8.50. The highest BCUT2D eigenvalue weighted by Gasteiger charge is 2.24. The zero-order valence-electron chi connectivity index (χ0n) is 16.9. The molecular formula is C22H23N3O5S. The van der Waals surface area contributed by atoms with Crippen LogP contribution in [0, 0.1) is 10.1 Å². The normalized spacial score (nSPS) is 14.6. The number of amides is 1. The van der Waals surface area contributed by atoms with Crippen LogP contribution in [0.3, 0.4) is 0 Å². The summed E-state index contributed by atoms with van der Waals surface area (Å²) in [6.45, 7) is 1.57. The Labute approximate surface area is 180 Å². The number of non-ortho nitro benzene ring substituents is 1. The predicted octanol–water partition coefficient (Wildman–Crippen LogP) is 3.54. The van der Waals surface area contributed by atoms with Crippen molar-refractivity contribution in [3.63, 3.8) is 0 Å². The number of piperidine rings is 1. The number of para-hydroxylation sites is 1. The summed E-state index contributed by atoms with van der Waals surface area (Å²) in [4.78, 5) is 25.0. The van der Waals surface area contributed by atoms with Gasteiger partial charge in [-0.3, -0.25) is 14.9 Å². The first-order valence-corrected chi connectivity index (χ1v) is 11.8. The summed E-state index contributed by atoms with van der Waals surface area (Å²) in [6.07, 6.45) is 4.65. The quantitative estimate of drug-likeness (QED) is 0.430. The predicted molar refractivity (Wildman–Crippen MR) is 116 cm³/mol. The van der Waals surface area contributed by atoms with Gasteiger partial charge in [0.25, 0.3) is 5.69 Å². The van der Waals surface area contributed by atoms with E-state index in [-0.39, 0.29) is 28.8 Å². The van der Waals surface area contributed by atoms with Crippen LogP contribution in [-0.2, 0) is 26.9 Å². The maximum Gasteiger partial charge on any atom is 0.269 e. The lowest BCUT2D eigenvalue weighted by Gasteiger charge is -2.27. The van der Waals surface area contributed by atoms with Crippen LogP contribution in [0.25, 0.3) is 10.9 Å². The van der Waals surface area contributed by atoms with Crippen molar-refractivity contribution in [3.05, 3.63) is 70.4 Å². The van der Waals surface area contributed by atoms with Crippen LogP contribution >= 0.6 is 0 Å². The number of hydrogen-bond donors (Lipinski definition) is 0. The number of nitrogens with zero attached hydrogens (tertiary/aromatic N) is 3. The van der Waals surface area contributed by atoms with Crippen molar-refractivity contribution < 1.29 is 18.1 Å². The second-order valence-corrected chi connectivity index (χ2v) is 9.72. The van der Waals surface area contributed by atoms with E-state index in [1.807, 2.05) is 17.0 Å². The van der Waals surface area contributed by atoms with Gasteiger partial charge in [-0.25, -0.2) is 8.42 Å². The minimum Gasteiger partial charge on any atom is -0.341 e. The lowest BCUT2D eigenvalue weighted by molar-refractivity contribution is -0.384. The Bertz CT molecular complexity index is 1230. The van der Waals surface area contributed by atoms with Crippen molar-refractivity contribution in [2.24, 2.45) is 0 Å². The summed E-state index contributed by atoms with van der Waals surface area (Å²) < 4.78 is 28.1. The Kier molecular flexibility index (Phi) is 5.77. The summed E-state index contributed by atoms with van der Waals surface area (Å²) in [6, 6.07) is 12.6. The summed E-state index contributed by atoms with van der Waals surface area (Å²) in [5.74, 6) is -0.293. The van der Waals surface area contributed by atoms with E-state index in [2.05, 4.69) is 0 Å². The zero-order chi connectivity index (χ0) is 22.0. The molecule has 1 amide bonds. The molecule has 1 saturated heterocycles. The van der Waals surface area contributed by atoms with E-state index >= 15 is 0 Å². The maximum atomic E-state index is 13.2. The summed E-state index contributed by atoms with van der Waals surface area (Å²) >= 11 is 0. The summed E-state index contributed by atoms with van der Waals surface area (Å²) in [5, 5.41) is 11.4.